The number of nitrogens with zero attached hydrogens (tertiary/aromatic N) is 2. The molecule has 2 unspecified atom stereocenters. The summed E-state index contributed by atoms with van der Waals surface area (Å²) in [5.41, 5.74) is 0. The highest BCUT2D eigenvalue weighted by Crippen LogP contribution is 2.27. The fourth-order valence-electron chi connectivity index (χ4n) is 1.27. The van der Waals surface area contributed by atoms with E-state index in [0.717, 1.165) is 23.0 Å². The Morgan fingerprint density at radius 1 is 1.47 bits per heavy atom. The summed E-state index contributed by atoms with van der Waals surface area (Å²) in [4.78, 5) is 4.45. The van der Waals surface area contributed by atoms with Crippen LogP contribution in [0.15, 0.2) is 4.34 Å². The monoisotopic (exact) mass is 245 g/mol. The van der Waals surface area contributed by atoms with Crippen LogP contribution in [-0.2, 0) is 6.42 Å². The molecule has 0 fully saturated rings. The van der Waals surface area contributed by atoms with Gasteiger partial charge in [-0.05, 0) is 31.9 Å². The van der Waals surface area contributed by atoms with Crippen molar-refractivity contribution in [2.45, 2.75) is 49.2 Å². The molecule has 0 aliphatic heterocycles. The first-order valence-electron chi connectivity index (χ1n) is 5.32. The molecule has 0 amide bonds. The van der Waals surface area contributed by atoms with E-state index in [1.807, 2.05) is 18.8 Å². The fraction of sp³-hybridized carbons (Fsp3) is 0.800. The molecule has 1 aromatic heterocycles. The van der Waals surface area contributed by atoms with Gasteiger partial charge in [0.15, 0.2) is 4.34 Å². The SMILES string of the molecule is CCc1nsc(SC(C)CC(C)NC)n1. The summed E-state index contributed by atoms with van der Waals surface area (Å²) in [5.74, 6) is 0.969. The minimum atomic E-state index is 0.561. The number of aryl methyl sites for hydroxylation is 1. The van der Waals surface area contributed by atoms with E-state index in [2.05, 4.69) is 35.4 Å². The van der Waals surface area contributed by atoms with Gasteiger partial charge in [-0.2, -0.15) is 4.37 Å². The van der Waals surface area contributed by atoms with Crippen LogP contribution in [0.5, 0.6) is 0 Å². The lowest BCUT2D eigenvalue weighted by Gasteiger charge is -2.14. The van der Waals surface area contributed by atoms with Gasteiger partial charge in [-0.15, -0.1) is 0 Å². The van der Waals surface area contributed by atoms with E-state index < -0.39 is 0 Å². The Hall–Kier alpha value is -0.130. The van der Waals surface area contributed by atoms with Gasteiger partial charge < -0.3 is 5.32 Å². The van der Waals surface area contributed by atoms with Gasteiger partial charge >= 0.3 is 0 Å². The van der Waals surface area contributed by atoms with Crippen molar-refractivity contribution >= 4 is 23.3 Å². The normalized spacial score (nSPS) is 15.2. The molecular weight excluding hydrogens is 226 g/mol. The van der Waals surface area contributed by atoms with Gasteiger partial charge in [0.25, 0.3) is 0 Å². The van der Waals surface area contributed by atoms with Gasteiger partial charge in [-0.1, -0.05) is 25.6 Å². The first kappa shape index (κ1) is 12.9. The molecule has 0 radical (unpaired) electrons. The molecule has 3 nitrogen and oxygen atoms in total. The van der Waals surface area contributed by atoms with E-state index in [9.17, 15) is 0 Å². The summed E-state index contributed by atoms with van der Waals surface area (Å²) >= 11 is 3.35. The highest BCUT2D eigenvalue weighted by atomic mass is 32.2. The lowest BCUT2D eigenvalue weighted by Crippen LogP contribution is -2.24. The van der Waals surface area contributed by atoms with E-state index in [-0.39, 0.29) is 0 Å². The standard InChI is InChI=1S/C10H19N3S2/c1-5-9-12-10(15-13-9)14-8(3)6-7(2)11-4/h7-8,11H,5-6H2,1-4H3. The van der Waals surface area contributed by atoms with Crippen LogP contribution in [0.1, 0.15) is 33.0 Å². The zero-order chi connectivity index (χ0) is 11.3. The molecule has 1 heterocycles. The number of hydrogen-bond donors (Lipinski definition) is 1. The second-order valence-electron chi connectivity index (χ2n) is 3.68. The Labute approximate surface area is 100 Å². The van der Waals surface area contributed by atoms with Crippen LogP contribution in [0.3, 0.4) is 0 Å². The topological polar surface area (TPSA) is 37.8 Å². The Morgan fingerprint density at radius 3 is 2.73 bits per heavy atom. The number of hydrogen-bond acceptors (Lipinski definition) is 5. The van der Waals surface area contributed by atoms with Gasteiger partial charge in [0.1, 0.15) is 5.82 Å². The molecule has 1 rings (SSSR count). The third kappa shape index (κ3) is 4.49. The lowest BCUT2D eigenvalue weighted by atomic mass is 10.2. The number of rotatable bonds is 6. The number of nitrogens with one attached hydrogen (secondary N) is 1. The Kier molecular flexibility index (Phi) is 5.56. The molecular formula is C10H19N3S2. The van der Waals surface area contributed by atoms with E-state index in [1.165, 1.54) is 11.5 Å². The van der Waals surface area contributed by atoms with E-state index in [0.29, 0.717) is 11.3 Å². The third-order valence-corrected chi connectivity index (χ3v) is 4.20. The summed E-state index contributed by atoms with van der Waals surface area (Å²) in [5, 5.41) is 3.84. The van der Waals surface area contributed by atoms with E-state index in [4.69, 9.17) is 0 Å². The van der Waals surface area contributed by atoms with Crippen LogP contribution in [0.25, 0.3) is 0 Å². The van der Waals surface area contributed by atoms with Crippen molar-refractivity contribution in [1.29, 1.82) is 0 Å². The predicted molar refractivity (Wildman–Crippen MR) is 67.7 cm³/mol. The van der Waals surface area contributed by atoms with Crippen LogP contribution < -0.4 is 5.32 Å². The van der Waals surface area contributed by atoms with Crippen molar-refractivity contribution in [2.75, 3.05) is 7.05 Å². The highest BCUT2D eigenvalue weighted by molar-refractivity contribution is 8.01. The molecule has 0 saturated carbocycles. The molecule has 0 saturated heterocycles. The van der Waals surface area contributed by atoms with Crippen LogP contribution in [0.2, 0.25) is 0 Å². The van der Waals surface area contributed by atoms with Crippen LogP contribution in [0.4, 0.5) is 0 Å². The summed E-state index contributed by atoms with van der Waals surface area (Å²) in [6.45, 7) is 6.53. The molecule has 5 heteroatoms. The molecule has 1 aromatic rings. The predicted octanol–water partition coefficient (Wildman–Crippen LogP) is 2.58. The zero-order valence-corrected chi connectivity index (χ0v) is 11.4. The van der Waals surface area contributed by atoms with E-state index >= 15 is 0 Å². The second kappa shape index (κ2) is 6.45. The first-order chi connectivity index (χ1) is 7.15. The van der Waals surface area contributed by atoms with Gasteiger partial charge in [-0.25, -0.2) is 4.98 Å². The number of aromatic nitrogens is 2. The molecule has 1 N–H and O–H groups in total. The van der Waals surface area contributed by atoms with Gasteiger partial charge in [0.2, 0.25) is 0 Å². The van der Waals surface area contributed by atoms with Crippen LogP contribution in [0, 0.1) is 0 Å². The van der Waals surface area contributed by atoms with Gasteiger partial charge in [-0.3, -0.25) is 0 Å². The second-order valence-corrected chi connectivity index (χ2v) is 6.12. The molecule has 0 spiro atoms. The average Bonchev–Trinajstić information content (AvgIpc) is 2.65. The minimum absolute atomic E-state index is 0.561. The van der Waals surface area contributed by atoms with Crippen molar-refractivity contribution in [2.24, 2.45) is 0 Å². The Bertz CT molecular complexity index is 288. The number of thioether (sulfide) groups is 1. The lowest BCUT2D eigenvalue weighted by molar-refractivity contribution is 0.564. The molecule has 0 aliphatic rings. The third-order valence-electron chi connectivity index (χ3n) is 2.25. The van der Waals surface area contributed by atoms with E-state index in [1.54, 1.807) is 0 Å². The van der Waals surface area contributed by atoms with Crippen molar-refractivity contribution in [3.8, 4) is 0 Å². The fourth-order valence-corrected chi connectivity index (χ4v) is 3.43. The zero-order valence-electron chi connectivity index (χ0n) is 9.78. The first-order valence-corrected chi connectivity index (χ1v) is 6.97. The summed E-state index contributed by atoms with van der Waals surface area (Å²) in [7, 11) is 2.00. The Balaban J connectivity index is 2.40. The highest BCUT2D eigenvalue weighted by Gasteiger charge is 2.11. The molecule has 15 heavy (non-hydrogen) atoms. The molecule has 2 atom stereocenters. The maximum absolute atomic E-state index is 4.45. The quantitative estimate of drug-likeness (QED) is 0.782. The molecule has 0 aliphatic carbocycles. The van der Waals surface area contributed by atoms with Crippen molar-refractivity contribution in [3.63, 3.8) is 0 Å². The van der Waals surface area contributed by atoms with Gasteiger partial charge in [0.05, 0.1) is 0 Å². The maximum atomic E-state index is 4.45. The van der Waals surface area contributed by atoms with Crippen molar-refractivity contribution < 1.29 is 0 Å². The largest absolute Gasteiger partial charge is 0.317 e. The summed E-state index contributed by atoms with van der Waals surface area (Å²) in [6, 6.07) is 0.561. The molecule has 86 valence electrons. The van der Waals surface area contributed by atoms with Gasteiger partial charge in [0, 0.05) is 17.7 Å². The van der Waals surface area contributed by atoms with Crippen LogP contribution >= 0.6 is 23.3 Å². The molecule has 0 bridgehead atoms. The minimum Gasteiger partial charge on any atom is -0.317 e. The van der Waals surface area contributed by atoms with Crippen molar-refractivity contribution in [1.82, 2.24) is 14.7 Å². The molecule has 0 aromatic carbocycles. The van der Waals surface area contributed by atoms with Crippen molar-refractivity contribution in [3.05, 3.63) is 5.82 Å². The smallest absolute Gasteiger partial charge is 0.170 e. The Morgan fingerprint density at radius 2 is 2.20 bits per heavy atom. The summed E-state index contributed by atoms with van der Waals surface area (Å²) < 4.78 is 5.38. The average molecular weight is 245 g/mol. The maximum Gasteiger partial charge on any atom is 0.170 e. The summed E-state index contributed by atoms with van der Waals surface area (Å²) in [6.07, 6.45) is 2.08. The van der Waals surface area contributed by atoms with Crippen LogP contribution in [-0.4, -0.2) is 27.7 Å².